The van der Waals surface area contributed by atoms with E-state index in [9.17, 15) is 0 Å². The first-order chi connectivity index (χ1) is 8.08. The molecule has 92 valence electrons. The molecule has 17 heavy (non-hydrogen) atoms. The van der Waals surface area contributed by atoms with Crippen LogP contribution in [0.2, 0.25) is 5.02 Å². The van der Waals surface area contributed by atoms with Crippen LogP contribution in [0.15, 0.2) is 18.2 Å². The first kappa shape index (κ1) is 12.5. The van der Waals surface area contributed by atoms with E-state index in [0.717, 1.165) is 18.0 Å². The Hall–Kier alpha value is -0.990. The van der Waals surface area contributed by atoms with E-state index in [1.54, 1.807) is 0 Å². The number of fused-ring (bicyclic) bond motifs is 1. The van der Waals surface area contributed by atoms with E-state index in [1.165, 1.54) is 28.6 Å². The number of aromatic nitrogens is 1. The zero-order chi connectivity index (χ0) is 12.4. The maximum atomic E-state index is 6.06. The van der Waals surface area contributed by atoms with Crippen LogP contribution < -0.4 is 0 Å². The standard InChI is InChI=1S/C14H19ClN2/c1-10-12(5-4-8-17(2)3)13-9-11(15)6-7-14(13)16-10/h6-7,9,16H,4-5,8H2,1-3H3. The average molecular weight is 251 g/mol. The number of rotatable bonds is 4. The first-order valence-corrected chi connectivity index (χ1v) is 6.37. The van der Waals surface area contributed by atoms with Gasteiger partial charge in [-0.3, -0.25) is 0 Å². The van der Waals surface area contributed by atoms with Crippen molar-refractivity contribution in [2.45, 2.75) is 19.8 Å². The highest BCUT2D eigenvalue weighted by Crippen LogP contribution is 2.26. The fraction of sp³-hybridized carbons (Fsp3) is 0.429. The molecule has 0 aliphatic rings. The Balaban J connectivity index is 2.26. The molecule has 1 aromatic heterocycles. The van der Waals surface area contributed by atoms with Gasteiger partial charge in [-0.15, -0.1) is 0 Å². The van der Waals surface area contributed by atoms with Gasteiger partial charge in [-0.1, -0.05) is 11.6 Å². The number of aromatic amines is 1. The largest absolute Gasteiger partial charge is 0.358 e. The Morgan fingerprint density at radius 3 is 2.76 bits per heavy atom. The van der Waals surface area contributed by atoms with E-state index in [2.05, 4.69) is 43.0 Å². The summed E-state index contributed by atoms with van der Waals surface area (Å²) in [4.78, 5) is 5.64. The number of nitrogens with zero attached hydrogens (tertiary/aromatic N) is 1. The summed E-state index contributed by atoms with van der Waals surface area (Å²) < 4.78 is 0. The Morgan fingerprint density at radius 2 is 2.06 bits per heavy atom. The van der Waals surface area contributed by atoms with Crippen molar-refractivity contribution in [2.75, 3.05) is 20.6 Å². The molecule has 0 spiro atoms. The van der Waals surface area contributed by atoms with E-state index < -0.39 is 0 Å². The summed E-state index contributed by atoms with van der Waals surface area (Å²) in [6.07, 6.45) is 2.28. The highest BCUT2D eigenvalue weighted by atomic mass is 35.5. The zero-order valence-corrected chi connectivity index (χ0v) is 11.4. The molecule has 1 aromatic carbocycles. The molecule has 2 rings (SSSR count). The van der Waals surface area contributed by atoms with Gasteiger partial charge in [-0.2, -0.15) is 0 Å². The van der Waals surface area contributed by atoms with Crippen LogP contribution in [-0.4, -0.2) is 30.5 Å². The monoisotopic (exact) mass is 250 g/mol. The van der Waals surface area contributed by atoms with Gasteiger partial charge in [0.25, 0.3) is 0 Å². The van der Waals surface area contributed by atoms with Gasteiger partial charge in [-0.05, 0) is 64.2 Å². The third kappa shape index (κ3) is 2.82. The van der Waals surface area contributed by atoms with E-state index in [-0.39, 0.29) is 0 Å². The summed E-state index contributed by atoms with van der Waals surface area (Å²) in [6.45, 7) is 3.26. The van der Waals surface area contributed by atoms with Crippen LogP contribution in [0.25, 0.3) is 10.9 Å². The van der Waals surface area contributed by atoms with Crippen LogP contribution in [0.5, 0.6) is 0 Å². The molecule has 0 bridgehead atoms. The number of aryl methyl sites for hydroxylation is 2. The third-order valence-corrected chi connectivity index (χ3v) is 3.35. The maximum absolute atomic E-state index is 6.06. The van der Waals surface area contributed by atoms with Crippen molar-refractivity contribution in [1.82, 2.24) is 9.88 Å². The highest BCUT2D eigenvalue weighted by molar-refractivity contribution is 6.31. The normalized spacial score (nSPS) is 11.6. The summed E-state index contributed by atoms with van der Waals surface area (Å²) in [7, 11) is 4.22. The minimum atomic E-state index is 0.811. The minimum Gasteiger partial charge on any atom is -0.358 e. The van der Waals surface area contributed by atoms with Crippen molar-refractivity contribution in [1.29, 1.82) is 0 Å². The Labute approximate surface area is 108 Å². The molecular weight excluding hydrogens is 232 g/mol. The van der Waals surface area contributed by atoms with Gasteiger partial charge in [0.2, 0.25) is 0 Å². The molecule has 0 fully saturated rings. The fourth-order valence-electron chi connectivity index (χ4n) is 2.25. The van der Waals surface area contributed by atoms with Gasteiger partial charge < -0.3 is 9.88 Å². The highest BCUT2D eigenvalue weighted by Gasteiger charge is 2.08. The van der Waals surface area contributed by atoms with Crippen molar-refractivity contribution in [2.24, 2.45) is 0 Å². The number of nitrogens with one attached hydrogen (secondary N) is 1. The van der Waals surface area contributed by atoms with Gasteiger partial charge in [0, 0.05) is 21.6 Å². The number of hydrogen-bond acceptors (Lipinski definition) is 1. The van der Waals surface area contributed by atoms with Crippen LogP contribution in [-0.2, 0) is 6.42 Å². The molecule has 0 unspecified atom stereocenters. The second-order valence-corrected chi connectivity index (χ2v) is 5.26. The second-order valence-electron chi connectivity index (χ2n) is 4.83. The first-order valence-electron chi connectivity index (χ1n) is 5.99. The summed E-state index contributed by atoms with van der Waals surface area (Å²) in [6, 6.07) is 6.05. The van der Waals surface area contributed by atoms with Gasteiger partial charge in [-0.25, -0.2) is 0 Å². The predicted octanol–water partition coefficient (Wildman–Crippen LogP) is 3.62. The van der Waals surface area contributed by atoms with Crippen LogP contribution in [0.3, 0.4) is 0 Å². The van der Waals surface area contributed by atoms with Crippen molar-refractivity contribution in [3.05, 3.63) is 34.5 Å². The topological polar surface area (TPSA) is 19.0 Å². The number of benzene rings is 1. The minimum absolute atomic E-state index is 0.811. The number of halogens is 1. The number of hydrogen-bond donors (Lipinski definition) is 1. The zero-order valence-electron chi connectivity index (χ0n) is 10.7. The fourth-order valence-corrected chi connectivity index (χ4v) is 2.42. The van der Waals surface area contributed by atoms with Crippen molar-refractivity contribution < 1.29 is 0 Å². The summed E-state index contributed by atoms with van der Waals surface area (Å²) >= 11 is 6.06. The van der Waals surface area contributed by atoms with E-state index >= 15 is 0 Å². The van der Waals surface area contributed by atoms with Gasteiger partial charge in [0.1, 0.15) is 0 Å². The molecular formula is C14H19ClN2. The summed E-state index contributed by atoms with van der Waals surface area (Å²) in [5.74, 6) is 0. The quantitative estimate of drug-likeness (QED) is 0.878. The summed E-state index contributed by atoms with van der Waals surface area (Å²) in [5, 5.41) is 2.08. The van der Waals surface area contributed by atoms with Gasteiger partial charge in [0.05, 0.1) is 0 Å². The van der Waals surface area contributed by atoms with Crippen LogP contribution in [0.1, 0.15) is 17.7 Å². The third-order valence-electron chi connectivity index (χ3n) is 3.11. The Bertz CT molecular complexity index is 514. The molecule has 0 aliphatic carbocycles. The van der Waals surface area contributed by atoms with Crippen molar-refractivity contribution in [3.63, 3.8) is 0 Å². The van der Waals surface area contributed by atoms with Crippen molar-refractivity contribution >= 4 is 22.5 Å². The van der Waals surface area contributed by atoms with Gasteiger partial charge >= 0.3 is 0 Å². The van der Waals surface area contributed by atoms with Crippen LogP contribution >= 0.6 is 11.6 Å². The molecule has 0 aliphatic heterocycles. The lowest BCUT2D eigenvalue weighted by atomic mass is 10.1. The van der Waals surface area contributed by atoms with Crippen molar-refractivity contribution in [3.8, 4) is 0 Å². The maximum Gasteiger partial charge on any atom is 0.0459 e. The van der Waals surface area contributed by atoms with Crippen LogP contribution in [0, 0.1) is 6.92 Å². The molecule has 3 heteroatoms. The smallest absolute Gasteiger partial charge is 0.0459 e. The number of H-pyrrole nitrogens is 1. The summed E-state index contributed by atoms with van der Waals surface area (Å²) in [5.41, 5.74) is 3.86. The molecule has 0 saturated carbocycles. The molecule has 2 aromatic rings. The van der Waals surface area contributed by atoms with E-state index in [1.807, 2.05) is 6.07 Å². The molecule has 1 heterocycles. The molecule has 0 radical (unpaired) electrons. The average Bonchev–Trinajstić information content (AvgIpc) is 2.55. The van der Waals surface area contributed by atoms with E-state index in [0.29, 0.717) is 0 Å². The second kappa shape index (κ2) is 5.11. The lowest BCUT2D eigenvalue weighted by Crippen LogP contribution is -2.13. The lowest BCUT2D eigenvalue weighted by molar-refractivity contribution is 0.400. The van der Waals surface area contributed by atoms with Crippen LogP contribution in [0.4, 0.5) is 0 Å². The van der Waals surface area contributed by atoms with Gasteiger partial charge in [0.15, 0.2) is 0 Å². The Kier molecular flexibility index (Phi) is 3.75. The molecule has 1 N–H and O–H groups in total. The lowest BCUT2D eigenvalue weighted by Gasteiger charge is -2.09. The van der Waals surface area contributed by atoms with E-state index in [4.69, 9.17) is 11.6 Å². The molecule has 2 nitrogen and oxygen atoms in total. The molecule has 0 saturated heterocycles. The SMILES string of the molecule is Cc1[nH]c2ccc(Cl)cc2c1CCCN(C)C. The Morgan fingerprint density at radius 1 is 1.29 bits per heavy atom. The molecule has 0 amide bonds. The predicted molar refractivity (Wildman–Crippen MR) is 74.9 cm³/mol. The molecule has 0 atom stereocenters.